The fraction of sp³-hybridized carbons (Fsp3) is 0.545. The average molecular weight is 254 g/mol. The molecule has 0 amide bonds. The summed E-state index contributed by atoms with van der Waals surface area (Å²) in [6.45, 7) is 6.20. The average Bonchev–Trinajstić information content (AvgIpc) is 2.72. The molecular formula is C11H16ClN5. The Labute approximate surface area is 105 Å². The lowest BCUT2D eigenvalue weighted by atomic mass is 10.1. The zero-order valence-electron chi connectivity index (χ0n) is 10.2. The number of nitrogens with one attached hydrogen (secondary N) is 1. The quantitative estimate of drug-likeness (QED) is 0.848. The Balaban J connectivity index is 2.37. The zero-order valence-corrected chi connectivity index (χ0v) is 10.9. The topological polar surface area (TPSA) is 55.1 Å². The summed E-state index contributed by atoms with van der Waals surface area (Å²) in [4.78, 5) is 8.38. The van der Waals surface area contributed by atoms with E-state index in [9.17, 15) is 0 Å². The number of fused-ring (bicyclic) bond motifs is 1. The lowest BCUT2D eigenvalue weighted by Gasteiger charge is -2.21. The lowest BCUT2D eigenvalue weighted by Crippen LogP contribution is -2.28. The summed E-state index contributed by atoms with van der Waals surface area (Å²) in [5.74, 6) is 2.48. The molecule has 0 aliphatic carbocycles. The van der Waals surface area contributed by atoms with Crippen molar-refractivity contribution in [3.8, 4) is 0 Å². The van der Waals surface area contributed by atoms with E-state index >= 15 is 0 Å². The molecule has 0 bridgehead atoms. The van der Waals surface area contributed by atoms with E-state index in [2.05, 4.69) is 34.2 Å². The molecule has 0 saturated heterocycles. The maximum Gasteiger partial charge on any atom is 0.254 e. The predicted molar refractivity (Wildman–Crippen MR) is 68.5 cm³/mol. The highest BCUT2D eigenvalue weighted by Crippen LogP contribution is 2.15. The van der Waals surface area contributed by atoms with Gasteiger partial charge in [0.05, 0.1) is 0 Å². The summed E-state index contributed by atoms with van der Waals surface area (Å²) in [6, 6.07) is 2.15. The van der Waals surface area contributed by atoms with E-state index in [4.69, 9.17) is 11.6 Å². The normalized spacial score (nSPS) is 13.2. The van der Waals surface area contributed by atoms with Gasteiger partial charge in [0, 0.05) is 23.7 Å². The maximum absolute atomic E-state index is 5.95. The highest BCUT2D eigenvalue weighted by atomic mass is 35.5. The molecule has 5 nitrogen and oxygen atoms in total. The van der Waals surface area contributed by atoms with Gasteiger partial charge in [-0.15, -0.1) is 11.6 Å². The van der Waals surface area contributed by atoms with E-state index in [1.165, 1.54) is 6.33 Å². The Hall–Kier alpha value is -1.36. The molecule has 2 aromatic heterocycles. The fourth-order valence-electron chi connectivity index (χ4n) is 1.61. The first-order valence-electron chi connectivity index (χ1n) is 5.61. The van der Waals surface area contributed by atoms with E-state index in [0.717, 1.165) is 11.5 Å². The highest BCUT2D eigenvalue weighted by molar-refractivity contribution is 6.18. The Morgan fingerprint density at radius 2 is 2.24 bits per heavy atom. The standard InChI is InChI=1S/C11H16ClN5/c1-7(2)9(5-12)16-10-4-8(3)15-11-13-6-14-17(10)11/h4,6-7,9,16H,5H2,1-3H3. The molecule has 17 heavy (non-hydrogen) atoms. The third-order valence-corrected chi connectivity index (χ3v) is 3.02. The summed E-state index contributed by atoms with van der Waals surface area (Å²) < 4.78 is 1.69. The second-order valence-electron chi connectivity index (χ2n) is 4.40. The Morgan fingerprint density at radius 1 is 1.47 bits per heavy atom. The molecule has 92 valence electrons. The van der Waals surface area contributed by atoms with Crippen LogP contribution in [0.4, 0.5) is 5.82 Å². The van der Waals surface area contributed by atoms with Crippen LogP contribution in [0.1, 0.15) is 19.5 Å². The first-order valence-corrected chi connectivity index (χ1v) is 6.15. The van der Waals surface area contributed by atoms with Gasteiger partial charge in [-0.3, -0.25) is 0 Å². The van der Waals surface area contributed by atoms with Crippen molar-refractivity contribution >= 4 is 23.2 Å². The Bertz CT molecular complexity index is 508. The number of alkyl halides is 1. The van der Waals surface area contributed by atoms with Crippen LogP contribution in [-0.2, 0) is 0 Å². The molecular weight excluding hydrogens is 238 g/mol. The minimum Gasteiger partial charge on any atom is -0.366 e. The maximum atomic E-state index is 5.95. The monoisotopic (exact) mass is 253 g/mol. The molecule has 2 rings (SSSR count). The largest absolute Gasteiger partial charge is 0.366 e. The van der Waals surface area contributed by atoms with Crippen molar-refractivity contribution in [2.45, 2.75) is 26.8 Å². The molecule has 2 aromatic rings. The van der Waals surface area contributed by atoms with Gasteiger partial charge in [-0.2, -0.15) is 14.6 Å². The number of nitrogens with zero attached hydrogens (tertiary/aromatic N) is 4. The van der Waals surface area contributed by atoms with E-state index in [-0.39, 0.29) is 6.04 Å². The van der Waals surface area contributed by atoms with Crippen LogP contribution in [0.3, 0.4) is 0 Å². The van der Waals surface area contributed by atoms with Crippen LogP contribution in [0.25, 0.3) is 5.78 Å². The van der Waals surface area contributed by atoms with Gasteiger partial charge in [-0.05, 0) is 12.8 Å². The molecule has 0 spiro atoms. The third kappa shape index (κ3) is 2.49. The van der Waals surface area contributed by atoms with Crippen molar-refractivity contribution in [2.75, 3.05) is 11.2 Å². The number of rotatable bonds is 4. The Kier molecular flexibility index (Phi) is 3.47. The van der Waals surface area contributed by atoms with Crippen molar-refractivity contribution in [1.29, 1.82) is 0 Å². The summed E-state index contributed by atoms with van der Waals surface area (Å²) in [5.41, 5.74) is 0.907. The first kappa shape index (κ1) is 12.1. The number of hydrogen-bond acceptors (Lipinski definition) is 4. The Morgan fingerprint density at radius 3 is 2.88 bits per heavy atom. The zero-order chi connectivity index (χ0) is 12.4. The van der Waals surface area contributed by atoms with E-state index in [0.29, 0.717) is 17.6 Å². The van der Waals surface area contributed by atoms with Gasteiger partial charge in [-0.1, -0.05) is 13.8 Å². The summed E-state index contributed by atoms with van der Waals surface area (Å²) >= 11 is 5.95. The van der Waals surface area contributed by atoms with Crippen LogP contribution in [0.2, 0.25) is 0 Å². The van der Waals surface area contributed by atoms with Crippen molar-refractivity contribution in [1.82, 2.24) is 19.6 Å². The molecule has 0 aromatic carbocycles. The van der Waals surface area contributed by atoms with Gasteiger partial charge >= 0.3 is 0 Å². The number of hydrogen-bond donors (Lipinski definition) is 1. The summed E-state index contributed by atoms with van der Waals surface area (Å²) in [7, 11) is 0. The first-order chi connectivity index (χ1) is 8.11. The van der Waals surface area contributed by atoms with E-state index in [1.807, 2.05) is 13.0 Å². The summed E-state index contributed by atoms with van der Waals surface area (Å²) in [6.07, 6.45) is 1.50. The van der Waals surface area contributed by atoms with Gasteiger partial charge < -0.3 is 5.32 Å². The van der Waals surface area contributed by atoms with Crippen molar-refractivity contribution in [2.24, 2.45) is 5.92 Å². The molecule has 6 heteroatoms. The second kappa shape index (κ2) is 4.87. The van der Waals surface area contributed by atoms with Gasteiger partial charge in [0.1, 0.15) is 12.1 Å². The van der Waals surface area contributed by atoms with Gasteiger partial charge in [-0.25, -0.2) is 4.98 Å². The van der Waals surface area contributed by atoms with Crippen LogP contribution < -0.4 is 5.32 Å². The molecule has 0 aliphatic heterocycles. The fourth-order valence-corrected chi connectivity index (χ4v) is 2.04. The molecule has 0 radical (unpaired) electrons. The van der Waals surface area contributed by atoms with Gasteiger partial charge in [0.25, 0.3) is 5.78 Å². The van der Waals surface area contributed by atoms with Crippen LogP contribution in [0.5, 0.6) is 0 Å². The predicted octanol–water partition coefficient (Wildman–Crippen LogP) is 2.11. The highest BCUT2D eigenvalue weighted by Gasteiger charge is 2.14. The van der Waals surface area contributed by atoms with Crippen LogP contribution >= 0.6 is 11.6 Å². The van der Waals surface area contributed by atoms with Crippen LogP contribution in [-0.4, -0.2) is 31.5 Å². The molecule has 1 unspecified atom stereocenters. The molecule has 1 N–H and O–H groups in total. The van der Waals surface area contributed by atoms with Crippen molar-refractivity contribution < 1.29 is 0 Å². The number of anilines is 1. The van der Waals surface area contributed by atoms with Gasteiger partial charge in [0.15, 0.2) is 0 Å². The molecule has 2 heterocycles. The third-order valence-electron chi connectivity index (χ3n) is 2.68. The SMILES string of the molecule is Cc1cc(NC(CCl)C(C)C)n2ncnc2n1. The summed E-state index contributed by atoms with van der Waals surface area (Å²) in [5, 5.41) is 7.53. The van der Waals surface area contributed by atoms with E-state index in [1.54, 1.807) is 4.52 Å². The van der Waals surface area contributed by atoms with E-state index < -0.39 is 0 Å². The van der Waals surface area contributed by atoms with Gasteiger partial charge in [0.2, 0.25) is 0 Å². The second-order valence-corrected chi connectivity index (χ2v) is 4.71. The molecule has 1 atom stereocenters. The smallest absolute Gasteiger partial charge is 0.254 e. The minimum absolute atomic E-state index is 0.200. The van der Waals surface area contributed by atoms with Crippen LogP contribution in [0, 0.1) is 12.8 Å². The van der Waals surface area contributed by atoms with Crippen molar-refractivity contribution in [3.05, 3.63) is 18.1 Å². The molecule has 0 fully saturated rings. The lowest BCUT2D eigenvalue weighted by molar-refractivity contribution is 0.560. The number of aromatic nitrogens is 4. The minimum atomic E-state index is 0.200. The van der Waals surface area contributed by atoms with Crippen LogP contribution in [0.15, 0.2) is 12.4 Å². The molecule has 0 aliphatic rings. The van der Waals surface area contributed by atoms with Crippen molar-refractivity contribution in [3.63, 3.8) is 0 Å². The number of halogens is 1. The number of aryl methyl sites for hydroxylation is 1. The molecule has 0 saturated carbocycles.